The molecule has 3 aromatic rings. The third-order valence-corrected chi connectivity index (χ3v) is 4.26. The van der Waals surface area contributed by atoms with Crippen LogP contribution in [0.5, 0.6) is 5.75 Å². The molecule has 0 fully saturated rings. The molecule has 3 aromatic carbocycles. The molecule has 20 heavy (non-hydrogen) atoms. The molecule has 0 saturated carbocycles. The van der Waals surface area contributed by atoms with Crippen LogP contribution < -0.4 is 10.5 Å². The van der Waals surface area contributed by atoms with Crippen LogP contribution in [0.15, 0.2) is 70.5 Å². The minimum Gasteiger partial charge on any atom is -0.495 e. The fraction of sp³-hybridized carbons (Fsp3) is 0.0588. The van der Waals surface area contributed by atoms with E-state index in [1.807, 2.05) is 18.2 Å². The molecule has 0 radical (unpaired) electrons. The lowest BCUT2D eigenvalue weighted by atomic mass is 10.1. The molecule has 0 atom stereocenters. The number of anilines is 1. The summed E-state index contributed by atoms with van der Waals surface area (Å²) in [5.74, 6) is 0.718. The van der Waals surface area contributed by atoms with Crippen LogP contribution in [0, 0.1) is 0 Å². The summed E-state index contributed by atoms with van der Waals surface area (Å²) in [7, 11) is 1.64. The summed E-state index contributed by atoms with van der Waals surface area (Å²) in [5, 5.41) is 2.48. The lowest BCUT2D eigenvalue weighted by Crippen LogP contribution is -1.93. The van der Waals surface area contributed by atoms with Crippen molar-refractivity contribution >= 4 is 28.2 Å². The Morgan fingerprint density at radius 3 is 2.50 bits per heavy atom. The van der Waals surface area contributed by atoms with Crippen molar-refractivity contribution in [2.24, 2.45) is 0 Å². The van der Waals surface area contributed by atoms with Gasteiger partial charge in [-0.25, -0.2) is 0 Å². The third kappa shape index (κ3) is 2.45. The van der Waals surface area contributed by atoms with Crippen molar-refractivity contribution in [1.82, 2.24) is 0 Å². The van der Waals surface area contributed by atoms with Gasteiger partial charge in [0, 0.05) is 9.79 Å². The zero-order valence-electron chi connectivity index (χ0n) is 11.2. The van der Waals surface area contributed by atoms with E-state index >= 15 is 0 Å². The molecule has 2 nitrogen and oxygen atoms in total. The Kier molecular flexibility index (Phi) is 3.52. The quantitative estimate of drug-likeness (QED) is 0.714. The second kappa shape index (κ2) is 5.47. The summed E-state index contributed by atoms with van der Waals surface area (Å²) in [4.78, 5) is 2.18. The maximum Gasteiger partial charge on any atom is 0.142 e. The van der Waals surface area contributed by atoms with Crippen LogP contribution in [0.2, 0.25) is 0 Å². The predicted molar refractivity (Wildman–Crippen MR) is 85.5 cm³/mol. The average Bonchev–Trinajstić information content (AvgIpc) is 2.49. The SMILES string of the molecule is COc1cccc(Sc2ccc3ccccc3c2)c1N. The van der Waals surface area contributed by atoms with Gasteiger partial charge in [0.25, 0.3) is 0 Å². The summed E-state index contributed by atoms with van der Waals surface area (Å²) in [6, 6.07) is 20.6. The van der Waals surface area contributed by atoms with E-state index in [-0.39, 0.29) is 0 Å². The molecule has 3 rings (SSSR count). The fourth-order valence-corrected chi connectivity index (χ4v) is 3.08. The highest BCUT2D eigenvalue weighted by molar-refractivity contribution is 7.99. The summed E-state index contributed by atoms with van der Waals surface area (Å²) < 4.78 is 5.26. The molecule has 0 aromatic heterocycles. The van der Waals surface area contributed by atoms with Crippen molar-refractivity contribution in [2.45, 2.75) is 9.79 Å². The summed E-state index contributed by atoms with van der Waals surface area (Å²) in [6.45, 7) is 0. The highest BCUT2D eigenvalue weighted by atomic mass is 32.2. The fourth-order valence-electron chi connectivity index (χ4n) is 2.15. The monoisotopic (exact) mass is 281 g/mol. The smallest absolute Gasteiger partial charge is 0.142 e. The summed E-state index contributed by atoms with van der Waals surface area (Å²) in [6.07, 6.45) is 0. The van der Waals surface area contributed by atoms with Gasteiger partial charge in [-0.2, -0.15) is 0 Å². The van der Waals surface area contributed by atoms with E-state index in [1.165, 1.54) is 15.7 Å². The Bertz CT molecular complexity index is 755. The van der Waals surface area contributed by atoms with E-state index in [0.29, 0.717) is 5.69 Å². The predicted octanol–water partition coefficient (Wildman–Crippen LogP) is 4.58. The largest absolute Gasteiger partial charge is 0.495 e. The minimum absolute atomic E-state index is 0.688. The zero-order chi connectivity index (χ0) is 13.9. The number of nitrogens with two attached hydrogens (primary N) is 1. The maximum atomic E-state index is 6.11. The van der Waals surface area contributed by atoms with Crippen molar-refractivity contribution in [3.8, 4) is 5.75 Å². The van der Waals surface area contributed by atoms with Gasteiger partial charge in [0.05, 0.1) is 12.8 Å². The Morgan fingerprint density at radius 2 is 1.70 bits per heavy atom. The molecule has 0 spiro atoms. The van der Waals surface area contributed by atoms with Crippen molar-refractivity contribution in [3.05, 3.63) is 60.7 Å². The first-order chi connectivity index (χ1) is 9.78. The van der Waals surface area contributed by atoms with Gasteiger partial charge in [0.15, 0.2) is 0 Å². The standard InChI is InChI=1S/C17H15NOS/c1-19-15-7-4-8-16(17(15)18)20-14-10-9-12-5-2-3-6-13(12)11-14/h2-11H,18H2,1H3. The molecule has 100 valence electrons. The van der Waals surface area contributed by atoms with Gasteiger partial charge in [-0.3, -0.25) is 0 Å². The van der Waals surface area contributed by atoms with Gasteiger partial charge in [0.2, 0.25) is 0 Å². The van der Waals surface area contributed by atoms with E-state index in [9.17, 15) is 0 Å². The zero-order valence-corrected chi connectivity index (χ0v) is 12.0. The minimum atomic E-state index is 0.688. The van der Waals surface area contributed by atoms with Crippen LogP contribution in [-0.4, -0.2) is 7.11 Å². The van der Waals surface area contributed by atoms with Gasteiger partial charge in [-0.1, -0.05) is 48.2 Å². The molecule has 0 amide bonds. The molecule has 3 heteroatoms. The average molecular weight is 281 g/mol. The highest BCUT2D eigenvalue weighted by Gasteiger charge is 2.07. The normalized spacial score (nSPS) is 10.7. The molecule has 0 heterocycles. The number of ether oxygens (including phenoxy) is 1. The van der Waals surface area contributed by atoms with Crippen LogP contribution >= 0.6 is 11.8 Å². The van der Waals surface area contributed by atoms with Crippen LogP contribution in [0.3, 0.4) is 0 Å². The summed E-state index contributed by atoms with van der Waals surface area (Å²) >= 11 is 1.65. The number of hydrogen-bond acceptors (Lipinski definition) is 3. The number of fused-ring (bicyclic) bond motifs is 1. The van der Waals surface area contributed by atoms with Crippen molar-refractivity contribution in [1.29, 1.82) is 0 Å². The Balaban J connectivity index is 1.97. The second-order valence-corrected chi connectivity index (χ2v) is 5.60. The molecule has 0 saturated heterocycles. The molecular formula is C17H15NOS. The van der Waals surface area contributed by atoms with E-state index in [1.54, 1.807) is 18.9 Å². The summed E-state index contributed by atoms with van der Waals surface area (Å²) in [5.41, 5.74) is 6.80. The highest BCUT2D eigenvalue weighted by Crippen LogP contribution is 2.37. The number of rotatable bonds is 3. The first-order valence-corrected chi connectivity index (χ1v) is 7.19. The number of para-hydroxylation sites is 1. The van der Waals surface area contributed by atoms with Crippen LogP contribution in [0.1, 0.15) is 0 Å². The van der Waals surface area contributed by atoms with Gasteiger partial charge >= 0.3 is 0 Å². The Hall–Kier alpha value is -2.13. The third-order valence-electron chi connectivity index (χ3n) is 3.19. The number of hydrogen-bond donors (Lipinski definition) is 1. The van der Waals surface area contributed by atoms with E-state index in [2.05, 4.69) is 42.5 Å². The molecule has 0 aliphatic rings. The second-order valence-electron chi connectivity index (χ2n) is 4.48. The van der Waals surface area contributed by atoms with Crippen LogP contribution in [0.4, 0.5) is 5.69 Å². The number of benzene rings is 3. The lowest BCUT2D eigenvalue weighted by Gasteiger charge is -2.10. The van der Waals surface area contributed by atoms with Crippen molar-refractivity contribution in [3.63, 3.8) is 0 Å². The van der Waals surface area contributed by atoms with Crippen molar-refractivity contribution in [2.75, 3.05) is 12.8 Å². The lowest BCUT2D eigenvalue weighted by molar-refractivity contribution is 0.416. The van der Waals surface area contributed by atoms with Crippen molar-refractivity contribution < 1.29 is 4.74 Å². The first kappa shape index (κ1) is 12.9. The molecule has 0 unspecified atom stereocenters. The van der Waals surface area contributed by atoms with E-state index < -0.39 is 0 Å². The van der Waals surface area contributed by atoms with Gasteiger partial charge in [0.1, 0.15) is 5.75 Å². The van der Waals surface area contributed by atoms with E-state index in [0.717, 1.165) is 10.6 Å². The first-order valence-electron chi connectivity index (χ1n) is 6.37. The van der Waals surface area contributed by atoms with Gasteiger partial charge < -0.3 is 10.5 Å². The Labute approximate surface area is 122 Å². The van der Waals surface area contributed by atoms with Gasteiger partial charge in [-0.15, -0.1) is 0 Å². The topological polar surface area (TPSA) is 35.2 Å². The van der Waals surface area contributed by atoms with E-state index in [4.69, 9.17) is 10.5 Å². The number of methoxy groups -OCH3 is 1. The molecule has 0 aliphatic carbocycles. The molecule has 0 bridgehead atoms. The molecular weight excluding hydrogens is 266 g/mol. The van der Waals surface area contributed by atoms with Crippen LogP contribution in [0.25, 0.3) is 10.8 Å². The molecule has 2 N–H and O–H groups in total. The number of nitrogen functional groups attached to an aromatic ring is 1. The van der Waals surface area contributed by atoms with Crippen LogP contribution in [-0.2, 0) is 0 Å². The maximum absolute atomic E-state index is 6.11. The van der Waals surface area contributed by atoms with Gasteiger partial charge in [-0.05, 0) is 35.0 Å². The molecule has 0 aliphatic heterocycles. The Morgan fingerprint density at radius 1 is 0.900 bits per heavy atom.